The number of amides is 2. The third-order valence-electron chi connectivity index (χ3n) is 3.34. The average Bonchev–Trinajstić information content (AvgIpc) is 2.36. The molecular formula is C15H28N2O5. The van der Waals surface area contributed by atoms with Crippen LogP contribution in [-0.2, 0) is 14.3 Å². The van der Waals surface area contributed by atoms with Crippen LogP contribution >= 0.6 is 0 Å². The number of rotatable bonds is 4. The number of aliphatic hydroxyl groups is 1. The molecule has 7 heteroatoms. The van der Waals surface area contributed by atoms with Crippen molar-refractivity contribution in [3.05, 3.63) is 0 Å². The number of aliphatic hydroxyl groups excluding tert-OH is 1. The zero-order chi connectivity index (χ0) is 16.9. The van der Waals surface area contributed by atoms with Gasteiger partial charge in [-0.3, -0.25) is 4.79 Å². The average molecular weight is 316 g/mol. The Morgan fingerprint density at radius 3 is 2.36 bits per heavy atom. The molecule has 0 bridgehead atoms. The molecule has 4 atom stereocenters. The van der Waals surface area contributed by atoms with Crippen LogP contribution in [0.15, 0.2) is 0 Å². The van der Waals surface area contributed by atoms with Crippen LogP contribution < -0.4 is 10.6 Å². The maximum Gasteiger partial charge on any atom is 0.407 e. The highest BCUT2D eigenvalue weighted by Gasteiger charge is 2.29. The third-order valence-corrected chi connectivity index (χ3v) is 3.34. The van der Waals surface area contributed by atoms with Gasteiger partial charge in [0.15, 0.2) is 0 Å². The molecular weight excluding hydrogens is 288 g/mol. The summed E-state index contributed by atoms with van der Waals surface area (Å²) in [5.41, 5.74) is -0.526. The van der Waals surface area contributed by atoms with Gasteiger partial charge in [0, 0.05) is 0 Å². The van der Waals surface area contributed by atoms with Gasteiger partial charge in [0.1, 0.15) is 11.7 Å². The first-order valence-electron chi connectivity index (χ1n) is 7.68. The van der Waals surface area contributed by atoms with E-state index in [1.54, 1.807) is 0 Å². The standard InChI is InChI=1S/C15H28N2O5/c1-9(16-13(19)10(2)18)12-7-6-11(8-21-12)17-14(20)22-15(3,4)5/h9-12,18H,6-8H2,1-5H3,(H,16,19)(H,17,20)/t9-,10-,11+,12-/m0/s1. The predicted molar refractivity (Wildman–Crippen MR) is 81.4 cm³/mol. The number of ether oxygens (including phenoxy) is 2. The highest BCUT2D eigenvalue weighted by molar-refractivity contribution is 5.80. The summed E-state index contributed by atoms with van der Waals surface area (Å²) in [5, 5.41) is 14.7. The van der Waals surface area contributed by atoms with Crippen molar-refractivity contribution in [1.82, 2.24) is 10.6 Å². The van der Waals surface area contributed by atoms with Gasteiger partial charge in [0.25, 0.3) is 0 Å². The molecule has 3 N–H and O–H groups in total. The predicted octanol–water partition coefficient (Wildman–Crippen LogP) is 0.944. The zero-order valence-corrected chi connectivity index (χ0v) is 14.0. The molecule has 1 heterocycles. The fourth-order valence-electron chi connectivity index (χ4n) is 2.19. The molecule has 0 aliphatic carbocycles. The summed E-state index contributed by atoms with van der Waals surface area (Å²) in [5.74, 6) is -0.412. The summed E-state index contributed by atoms with van der Waals surface area (Å²) in [6.07, 6.45) is -0.150. The molecule has 0 spiro atoms. The molecule has 128 valence electrons. The van der Waals surface area contributed by atoms with Crippen LogP contribution in [0.25, 0.3) is 0 Å². The monoisotopic (exact) mass is 316 g/mol. The van der Waals surface area contributed by atoms with E-state index < -0.39 is 23.7 Å². The topological polar surface area (TPSA) is 96.9 Å². The van der Waals surface area contributed by atoms with Gasteiger partial charge in [-0.2, -0.15) is 0 Å². The van der Waals surface area contributed by atoms with Crippen LogP contribution in [0, 0.1) is 0 Å². The molecule has 0 aromatic heterocycles. The van der Waals surface area contributed by atoms with E-state index in [2.05, 4.69) is 10.6 Å². The Bertz CT molecular complexity index is 384. The first-order chi connectivity index (χ1) is 10.1. The fraction of sp³-hybridized carbons (Fsp3) is 0.867. The van der Waals surface area contributed by atoms with Gasteiger partial charge >= 0.3 is 6.09 Å². The SMILES string of the molecule is C[C@H](O)C(=O)N[C@@H](C)[C@@H]1CC[C@@H](NC(=O)OC(C)(C)C)CO1. The second kappa shape index (κ2) is 7.78. The van der Waals surface area contributed by atoms with Crippen molar-refractivity contribution in [3.63, 3.8) is 0 Å². The maximum absolute atomic E-state index is 11.7. The molecule has 1 rings (SSSR count). The van der Waals surface area contributed by atoms with E-state index in [1.807, 2.05) is 27.7 Å². The van der Waals surface area contributed by atoms with Crippen molar-refractivity contribution in [2.24, 2.45) is 0 Å². The molecule has 0 saturated carbocycles. The minimum atomic E-state index is -1.03. The normalized spacial score (nSPS) is 25.0. The van der Waals surface area contributed by atoms with E-state index in [0.29, 0.717) is 13.0 Å². The number of hydrogen-bond donors (Lipinski definition) is 3. The van der Waals surface area contributed by atoms with E-state index in [0.717, 1.165) is 6.42 Å². The smallest absolute Gasteiger partial charge is 0.407 e. The van der Waals surface area contributed by atoms with Crippen LogP contribution in [0.4, 0.5) is 4.79 Å². The number of nitrogens with one attached hydrogen (secondary N) is 2. The summed E-state index contributed by atoms with van der Waals surface area (Å²) in [7, 11) is 0. The van der Waals surface area contributed by atoms with Gasteiger partial charge in [-0.05, 0) is 47.5 Å². The van der Waals surface area contributed by atoms with E-state index in [4.69, 9.17) is 9.47 Å². The second-order valence-electron chi connectivity index (χ2n) is 6.77. The summed E-state index contributed by atoms with van der Waals surface area (Å²) in [6, 6.07) is -0.282. The maximum atomic E-state index is 11.7. The fourth-order valence-corrected chi connectivity index (χ4v) is 2.19. The highest BCUT2D eigenvalue weighted by atomic mass is 16.6. The van der Waals surface area contributed by atoms with Gasteiger partial charge in [0.2, 0.25) is 5.91 Å². The Labute approximate surface area is 131 Å². The molecule has 0 aromatic carbocycles. The molecule has 0 radical (unpaired) electrons. The first kappa shape index (κ1) is 18.7. The minimum Gasteiger partial charge on any atom is -0.444 e. The van der Waals surface area contributed by atoms with E-state index in [9.17, 15) is 14.7 Å². The molecule has 1 aliphatic heterocycles. The number of hydrogen-bond acceptors (Lipinski definition) is 5. The second-order valence-corrected chi connectivity index (χ2v) is 6.77. The largest absolute Gasteiger partial charge is 0.444 e. The van der Waals surface area contributed by atoms with Crippen LogP contribution in [0.5, 0.6) is 0 Å². The Balaban J connectivity index is 2.34. The Morgan fingerprint density at radius 1 is 1.27 bits per heavy atom. The van der Waals surface area contributed by atoms with Crippen molar-refractivity contribution in [2.45, 2.75) is 77.4 Å². The Hall–Kier alpha value is -1.34. The van der Waals surface area contributed by atoms with Gasteiger partial charge in [0.05, 0.1) is 24.8 Å². The van der Waals surface area contributed by atoms with E-state index in [-0.39, 0.29) is 18.2 Å². The van der Waals surface area contributed by atoms with Crippen molar-refractivity contribution >= 4 is 12.0 Å². The molecule has 22 heavy (non-hydrogen) atoms. The number of carbonyl (C=O) groups excluding carboxylic acids is 2. The molecule has 2 amide bonds. The summed E-state index contributed by atoms with van der Waals surface area (Å²) in [4.78, 5) is 23.1. The molecule has 1 aliphatic rings. The molecule has 0 unspecified atom stereocenters. The van der Waals surface area contributed by atoms with Crippen molar-refractivity contribution < 1.29 is 24.2 Å². The molecule has 1 saturated heterocycles. The minimum absolute atomic E-state index is 0.0919. The van der Waals surface area contributed by atoms with Crippen LogP contribution in [0.3, 0.4) is 0 Å². The quantitative estimate of drug-likeness (QED) is 0.717. The number of alkyl carbamates (subject to hydrolysis) is 1. The van der Waals surface area contributed by atoms with Crippen molar-refractivity contribution in [1.29, 1.82) is 0 Å². The van der Waals surface area contributed by atoms with Crippen LogP contribution in [0.2, 0.25) is 0 Å². The highest BCUT2D eigenvalue weighted by Crippen LogP contribution is 2.17. The van der Waals surface area contributed by atoms with Gasteiger partial charge in [-0.15, -0.1) is 0 Å². The zero-order valence-electron chi connectivity index (χ0n) is 14.0. The Kier molecular flexibility index (Phi) is 6.62. The van der Waals surface area contributed by atoms with Gasteiger partial charge in [-0.1, -0.05) is 0 Å². The lowest BCUT2D eigenvalue weighted by Gasteiger charge is -2.33. The van der Waals surface area contributed by atoms with Gasteiger partial charge in [-0.25, -0.2) is 4.79 Å². The van der Waals surface area contributed by atoms with Crippen LogP contribution in [0.1, 0.15) is 47.5 Å². The van der Waals surface area contributed by atoms with Crippen molar-refractivity contribution in [2.75, 3.05) is 6.61 Å². The van der Waals surface area contributed by atoms with Crippen LogP contribution in [-0.4, -0.2) is 53.6 Å². The number of carbonyl (C=O) groups is 2. The summed E-state index contributed by atoms with van der Waals surface area (Å²) < 4.78 is 10.9. The summed E-state index contributed by atoms with van der Waals surface area (Å²) >= 11 is 0. The third kappa shape index (κ3) is 6.62. The first-order valence-corrected chi connectivity index (χ1v) is 7.68. The van der Waals surface area contributed by atoms with Gasteiger partial charge < -0.3 is 25.2 Å². The van der Waals surface area contributed by atoms with E-state index in [1.165, 1.54) is 6.92 Å². The molecule has 1 fully saturated rings. The Morgan fingerprint density at radius 2 is 1.91 bits per heavy atom. The lowest BCUT2D eigenvalue weighted by Crippen LogP contribution is -2.51. The lowest BCUT2D eigenvalue weighted by molar-refractivity contribution is -0.130. The lowest BCUT2D eigenvalue weighted by atomic mass is 10.00. The molecule has 7 nitrogen and oxygen atoms in total. The van der Waals surface area contributed by atoms with Crippen molar-refractivity contribution in [3.8, 4) is 0 Å². The van der Waals surface area contributed by atoms with E-state index >= 15 is 0 Å². The summed E-state index contributed by atoms with van der Waals surface area (Å²) in [6.45, 7) is 9.07. The molecule has 0 aromatic rings.